The predicted molar refractivity (Wildman–Crippen MR) is 234 cm³/mol. The van der Waals surface area contributed by atoms with E-state index in [9.17, 15) is 0 Å². The highest BCUT2D eigenvalue weighted by molar-refractivity contribution is 7.26. The molecule has 3 aliphatic heterocycles. The molecule has 0 radical (unpaired) electrons. The first kappa shape index (κ1) is 28.6. The maximum absolute atomic E-state index is 7.11. The van der Waals surface area contributed by atoms with Crippen LogP contribution < -0.4 is 15.8 Å². The normalized spacial score (nSPS) is 14.9. The molecule has 0 N–H and O–H groups in total. The van der Waals surface area contributed by atoms with E-state index < -0.39 is 5.41 Å². The maximum Gasteiger partial charge on any atom is 0.333 e. The van der Waals surface area contributed by atoms with Crippen LogP contribution in [0.15, 0.2) is 168 Å². The van der Waals surface area contributed by atoms with Gasteiger partial charge in [0, 0.05) is 48.4 Å². The predicted octanol–water partition coefficient (Wildman–Crippen LogP) is 12.0. The Hall–Kier alpha value is -6.82. The Balaban J connectivity index is 1.19. The van der Waals surface area contributed by atoms with Gasteiger partial charge in [-0.1, -0.05) is 140 Å². The molecule has 0 bridgehead atoms. The lowest BCUT2D eigenvalue weighted by atomic mass is 9.44. The van der Waals surface area contributed by atoms with Crippen LogP contribution in [-0.4, -0.2) is 11.3 Å². The van der Waals surface area contributed by atoms with Crippen LogP contribution in [0.3, 0.4) is 0 Å². The van der Waals surface area contributed by atoms with E-state index in [0.717, 1.165) is 27.6 Å². The fraction of sp³-hybridized carbons (Fsp3) is 0.0196. The summed E-state index contributed by atoms with van der Waals surface area (Å²) in [6.07, 6.45) is 0. The number of hydrogen-bond acceptors (Lipinski definition) is 3. The van der Waals surface area contributed by atoms with E-state index in [1.807, 2.05) is 11.3 Å². The van der Waals surface area contributed by atoms with Gasteiger partial charge in [-0.25, -0.2) is 0 Å². The van der Waals surface area contributed by atoms with Crippen molar-refractivity contribution in [2.45, 2.75) is 5.41 Å². The summed E-state index contributed by atoms with van der Waals surface area (Å²) in [7, 11) is 0. The molecule has 15 rings (SSSR count). The fourth-order valence-corrected chi connectivity index (χ4v) is 12.9. The van der Waals surface area contributed by atoms with E-state index in [-0.39, 0.29) is 6.85 Å². The molecule has 0 amide bonds. The number of thiophene rings is 1. The molecule has 256 valence electrons. The third kappa shape index (κ3) is 2.97. The standard InChI is InChI=1S/C51H27BN2OS/c1-5-19-36-28(13-1)29-14-2-6-20-37(29)51(36)38-21-7-8-24-41(38)53-47-39(51)22-12-23-40(47)52-45-34(27-35-30-15-3-9-25-42(30)55-49(35)48(45)53)31-17-11-18-33-44-32-16-4-10-26-43(32)56-50(44)54(52)46(31)33/h1-27H. The lowest BCUT2D eigenvalue weighted by molar-refractivity contribution is 0.668. The summed E-state index contributed by atoms with van der Waals surface area (Å²) in [4.78, 5) is 3.93. The van der Waals surface area contributed by atoms with Gasteiger partial charge < -0.3 is 13.8 Å². The van der Waals surface area contributed by atoms with Crippen LogP contribution in [0.5, 0.6) is 0 Å². The van der Waals surface area contributed by atoms with E-state index in [1.165, 1.54) is 98.0 Å². The van der Waals surface area contributed by atoms with Gasteiger partial charge in [-0.05, 0) is 74.1 Å². The molecule has 1 aliphatic carbocycles. The zero-order valence-electron chi connectivity index (χ0n) is 29.9. The monoisotopic (exact) mass is 726 g/mol. The van der Waals surface area contributed by atoms with Crippen molar-refractivity contribution in [1.82, 2.24) is 4.48 Å². The smallest absolute Gasteiger partial charge is 0.333 e. The van der Waals surface area contributed by atoms with Crippen LogP contribution in [0.25, 0.3) is 75.4 Å². The van der Waals surface area contributed by atoms with Gasteiger partial charge in [0.2, 0.25) is 0 Å². The van der Waals surface area contributed by atoms with Gasteiger partial charge in [-0.2, -0.15) is 0 Å². The lowest BCUT2D eigenvalue weighted by Crippen LogP contribution is -2.58. The van der Waals surface area contributed by atoms with Gasteiger partial charge in [0.25, 0.3) is 0 Å². The molecule has 3 aromatic heterocycles. The Labute approximate surface area is 325 Å². The summed E-state index contributed by atoms with van der Waals surface area (Å²) in [5.74, 6) is 0. The van der Waals surface area contributed by atoms with Crippen LogP contribution in [0.4, 0.5) is 17.1 Å². The van der Waals surface area contributed by atoms with Crippen LogP contribution >= 0.6 is 11.3 Å². The highest BCUT2D eigenvalue weighted by Gasteiger charge is 2.55. The minimum Gasteiger partial charge on any atom is -0.454 e. The Morgan fingerprint density at radius 3 is 2.04 bits per heavy atom. The van der Waals surface area contributed by atoms with Gasteiger partial charge >= 0.3 is 6.85 Å². The largest absolute Gasteiger partial charge is 0.454 e. The minimum atomic E-state index is -0.501. The van der Waals surface area contributed by atoms with E-state index in [1.54, 1.807) is 0 Å². The Kier molecular flexibility index (Phi) is 4.86. The molecule has 0 fully saturated rings. The second kappa shape index (κ2) is 9.51. The number of fused-ring (bicyclic) bond motifs is 22. The number of nitrogens with zero attached hydrogens (tertiary/aromatic N) is 2. The number of benzene rings is 8. The van der Waals surface area contributed by atoms with Crippen molar-refractivity contribution in [3.05, 3.63) is 186 Å². The van der Waals surface area contributed by atoms with Crippen molar-refractivity contribution in [2.24, 2.45) is 0 Å². The van der Waals surface area contributed by atoms with Crippen molar-refractivity contribution in [2.75, 3.05) is 4.90 Å². The van der Waals surface area contributed by atoms with Crippen molar-refractivity contribution in [3.63, 3.8) is 0 Å². The molecule has 11 aromatic rings. The number of aromatic nitrogens is 1. The third-order valence-corrected chi connectivity index (χ3v) is 14.7. The molecule has 0 saturated heterocycles. The van der Waals surface area contributed by atoms with Crippen LogP contribution in [0, 0.1) is 0 Å². The maximum atomic E-state index is 7.11. The summed E-state index contributed by atoms with van der Waals surface area (Å²) in [6, 6.07) is 61.5. The van der Waals surface area contributed by atoms with Crippen molar-refractivity contribution in [1.29, 1.82) is 0 Å². The average Bonchev–Trinajstić information content (AvgIpc) is 3.99. The first-order chi connectivity index (χ1) is 27.8. The van der Waals surface area contributed by atoms with Crippen molar-refractivity contribution in [3.8, 4) is 22.3 Å². The average molecular weight is 727 g/mol. The SMILES string of the molecule is c1ccc2c(c1)-c1ccccc1C21c2ccccc2N2c3c(cccc31)B1c3c(cc4c(oc5ccccc54)c32)-c2cccc3c4c5ccccc5sc4n1c23. The molecule has 0 unspecified atom stereocenters. The van der Waals surface area contributed by atoms with E-state index in [2.05, 4.69) is 173 Å². The van der Waals surface area contributed by atoms with Crippen LogP contribution in [0.2, 0.25) is 0 Å². The Morgan fingerprint density at radius 2 is 1.18 bits per heavy atom. The lowest BCUT2D eigenvalue weighted by Gasteiger charge is -2.49. The highest BCUT2D eigenvalue weighted by atomic mass is 32.1. The molecule has 8 aromatic carbocycles. The summed E-state index contributed by atoms with van der Waals surface area (Å²) in [6.45, 7) is -0.0685. The molecule has 0 saturated carbocycles. The number of anilines is 3. The first-order valence-corrected chi connectivity index (χ1v) is 20.3. The number of hydrogen-bond donors (Lipinski definition) is 0. The van der Waals surface area contributed by atoms with Crippen molar-refractivity contribution < 1.29 is 4.42 Å². The van der Waals surface area contributed by atoms with Gasteiger partial charge in [-0.15, -0.1) is 11.3 Å². The zero-order chi connectivity index (χ0) is 36.0. The van der Waals surface area contributed by atoms with Crippen LogP contribution in [-0.2, 0) is 5.41 Å². The second-order valence-electron chi connectivity index (χ2n) is 15.9. The van der Waals surface area contributed by atoms with E-state index in [0.29, 0.717) is 0 Å². The first-order valence-electron chi connectivity index (χ1n) is 19.5. The fourth-order valence-electron chi connectivity index (χ4n) is 11.7. The van der Waals surface area contributed by atoms with E-state index >= 15 is 0 Å². The molecule has 5 heteroatoms. The van der Waals surface area contributed by atoms with Crippen LogP contribution in [0.1, 0.15) is 22.3 Å². The third-order valence-electron chi connectivity index (χ3n) is 13.6. The number of rotatable bonds is 0. The van der Waals surface area contributed by atoms with Gasteiger partial charge in [0.1, 0.15) is 5.58 Å². The minimum absolute atomic E-state index is 0.0685. The number of furan rings is 1. The molecule has 56 heavy (non-hydrogen) atoms. The topological polar surface area (TPSA) is 21.3 Å². The van der Waals surface area contributed by atoms with E-state index in [4.69, 9.17) is 4.42 Å². The zero-order valence-corrected chi connectivity index (χ0v) is 30.7. The molecule has 6 heterocycles. The molecule has 0 atom stereocenters. The molecular weight excluding hydrogens is 699 g/mol. The summed E-state index contributed by atoms with van der Waals surface area (Å²) >= 11 is 1.93. The summed E-state index contributed by atoms with van der Waals surface area (Å²) in [5, 5.41) is 6.33. The second-order valence-corrected chi connectivity index (χ2v) is 16.9. The molecule has 4 aliphatic rings. The Bertz CT molecular complexity index is 3600. The molecule has 1 spiro atoms. The quantitative estimate of drug-likeness (QED) is 0.145. The summed E-state index contributed by atoms with van der Waals surface area (Å²) in [5.41, 5.74) is 19.5. The Morgan fingerprint density at radius 1 is 0.518 bits per heavy atom. The van der Waals surface area contributed by atoms with Gasteiger partial charge in [-0.3, -0.25) is 0 Å². The molecular formula is C51H27BN2OS. The highest BCUT2D eigenvalue weighted by Crippen LogP contribution is 2.64. The van der Waals surface area contributed by atoms with Crippen molar-refractivity contribution >= 4 is 99.3 Å². The molecule has 3 nitrogen and oxygen atoms in total. The van der Waals surface area contributed by atoms with Gasteiger partial charge in [0.15, 0.2) is 5.58 Å². The van der Waals surface area contributed by atoms with Gasteiger partial charge in [0.05, 0.1) is 21.6 Å². The number of para-hydroxylation sites is 4. The summed E-state index contributed by atoms with van der Waals surface area (Å²) < 4.78 is 11.1.